The van der Waals surface area contributed by atoms with E-state index in [9.17, 15) is 14.7 Å². The summed E-state index contributed by atoms with van der Waals surface area (Å²) in [5.74, 6) is -0.434. The molecule has 0 spiro atoms. The van der Waals surface area contributed by atoms with E-state index >= 15 is 0 Å². The van der Waals surface area contributed by atoms with E-state index in [1.165, 1.54) is 11.1 Å². The maximum atomic E-state index is 13.1. The maximum Gasteiger partial charge on any atom is 0.326 e. The van der Waals surface area contributed by atoms with E-state index in [1.807, 2.05) is 54.6 Å². The molecule has 5 aromatic rings. The molecular formula is C39H38N2O4. The number of carboxylic acids is 1. The van der Waals surface area contributed by atoms with Crippen molar-refractivity contribution in [3.8, 4) is 5.75 Å². The molecule has 0 radical (unpaired) electrons. The molecule has 6 heteroatoms. The van der Waals surface area contributed by atoms with Crippen LogP contribution in [0.1, 0.15) is 32.6 Å². The minimum Gasteiger partial charge on any atom is -0.492 e. The van der Waals surface area contributed by atoms with E-state index in [1.54, 1.807) is 36.4 Å². The van der Waals surface area contributed by atoms with Crippen molar-refractivity contribution in [2.45, 2.75) is 31.3 Å². The Balaban J connectivity index is 1.15. The summed E-state index contributed by atoms with van der Waals surface area (Å²) in [4.78, 5) is 25.3. The Hall–Kier alpha value is -5.20. The van der Waals surface area contributed by atoms with Crippen LogP contribution >= 0.6 is 0 Å². The van der Waals surface area contributed by atoms with Crippen molar-refractivity contribution >= 4 is 17.4 Å². The number of ether oxygens (including phenoxy) is 1. The van der Waals surface area contributed by atoms with Gasteiger partial charge in [-0.15, -0.1) is 0 Å². The van der Waals surface area contributed by atoms with Crippen LogP contribution in [0.3, 0.4) is 0 Å². The van der Waals surface area contributed by atoms with Gasteiger partial charge in [-0.2, -0.15) is 0 Å². The predicted molar refractivity (Wildman–Crippen MR) is 179 cm³/mol. The number of carbonyl (C=O) groups excluding carboxylic acids is 1. The van der Waals surface area contributed by atoms with Gasteiger partial charge in [-0.25, -0.2) is 4.79 Å². The van der Waals surface area contributed by atoms with Crippen molar-refractivity contribution in [1.29, 1.82) is 0 Å². The van der Waals surface area contributed by atoms with Gasteiger partial charge in [0.15, 0.2) is 5.78 Å². The van der Waals surface area contributed by atoms with Gasteiger partial charge in [-0.1, -0.05) is 115 Å². The second-order valence-electron chi connectivity index (χ2n) is 11.0. The van der Waals surface area contributed by atoms with Crippen molar-refractivity contribution in [1.82, 2.24) is 5.32 Å². The first-order valence-corrected chi connectivity index (χ1v) is 15.3. The lowest BCUT2D eigenvalue weighted by Gasteiger charge is -2.20. The number of hydrogen-bond donors (Lipinski definition) is 3. The van der Waals surface area contributed by atoms with Gasteiger partial charge in [0.1, 0.15) is 18.4 Å². The predicted octanol–water partition coefficient (Wildman–Crippen LogP) is 6.85. The van der Waals surface area contributed by atoms with Gasteiger partial charge >= 0.3 is 5.97 Å². The van der Waals surface area contributed by atoms with Gasteiger partial charge in [0.05, 0.1) is 0 Å². The molecule has 3 N–H and O–H groups in total. The van der Waals surface area contributed by atoms with Gasteiger partial charge in [-0.3, -0.25) is 4.79 Å². The van der Waals surface area contributed by atoms with Gasteiger partial charge in [0, 0.05) is 35.8 Å². The van der Waals surface area contributed by atoms with Crippen LogP contribution in [0.4, 0.5) is 5.69 Å². The lowest BCUT2D eigenvalue weighted by Crippen LogP contribution is -2.36. The lowest BCUT2D eigenvalue weighted by atomic mass is 9.99. The van der Waals surface area contributed by atoms with Crippen LogP contribution < -0.4 is 15.4 Å². The number of carboxylic acid groups (broad SMARTS) is 1. The van der Waals surface area contributed by atoms with E-state index in [4.69, 9.17) is 4.74 Å². The molecule has 1 atom stereocenters. The Kier molecular flexibility index (Phi) is 11.1. The van der Waals surface area contributed by atoms with Crippen LogP contribution in [-0.2, 0) is 24.1 Å². The molecule has 0 bridgehead atoms. The summed E-state index contributed by atoms with van der Waals surface area (Å²) < 4.78 is 6.01. The summed E-state index contributed by atoms with van der Waals surface area (Å²) in [6.07, 6.45) is 2.09. The number of anilines is 1. The fourth-order valence-electron chi connectivity index (χ4n) is 5.34. The Morgan fingerprint density at radius 1 is 0.622 bits per heavy atom. The molecular weight excluding hydrogens is 560 g/mol. The molecule has 0 aromatic heterocycles. The summed E-state index contributed by atoms with van der Waals surface area (Å²) >= 11 is 0. The minimum atomic E-state index is -0.996. The molecule has 0 fully saturated rings. The fourth-order valence-corrected chi connectivity index (χ4v) is 5.34. The highest BCUT2D eigenvalue weighted by atomic mass is 16.5. The highest BCUT2D eigenvalue weighted by Gasteiger charge is 2.21. The Bertz CT molecular complexity index is 1600. The highest BCUT2D eigenvalue weighted by molar-refractivity contribution is 6.12. The first-order chi connectivity index (χ1) is 22.0. The van der Waals surface area contributed by atoms with Crippen LogP contribution in [0.5, 0.6) is 5.75 Å². The molecule has 0 saturated heterocycles. The number of benzene rings is 5. The topological polar surface area (TPSA) is 87.7 Å². The second-order valence-corrected chi connectivity index (χ2v) is 11.0. The Morgan fingerprint density at radius 2 is 1.16 bits per heavy atom. The zero-order valence-electron chi connectivity index (χ0n) is 25.1. The molecule has 0 aliphatic heterocycles. The third-order valence-corrected chi connectivity index (χ3v) is 7.65. The van der Waals surface area contributed by atoms with Crippen molar-refractivity contribution < 1.29 is 19.4 Å². The van der Waals surface area contributed by atoms with Gasteiger partial charge in [0.25, 0.3) is 0 Å². The van der Waals surface area contributed by atoms with E-state index in [0.717, 1.165) is 24.2 Å². The number of para-hydroxylation sites is 1. The van der Waals surface area contributed by atoms with Crippen LogP contribution in [0, 0.1) is 0 Å². The third-order valence-electron chi connectivity index (χ3n) is 7.65. The first-order valence-electron chi connectivity index (χ1n) is 15.3. The standard InChI is InChI=1S/C39H38N2O4/c42-38(32-16-8-3-9-17-32)35-18-10-11-19-36(35)41-37(39(43)44)28-31-20-22-34(23-21-31)45-25-24-40-33(26-29-12-4-1-5-13-29)27-30-14-6-2-7-15-30/h1-23,33,37,40-41H,24-28H2,(H,43,44). The lowest BCUT2D eigenvalue weighted by molar-refractivity contribution is -0.137. The number of aliphatic carboxylic acids is 1. The normalized spacial score (nSPS) is 11.6. The van der Waals surface area contributed by atoms with Gasteiger partial charge in [-0.05, 0) is 53.8 Å². The van der Waals surface area contributed by atoms with Crippen LogP contribution in [-0.4, -0.2) is 42.1 Å². The van der Waals surface area contributed by atoms with Crippen molar-refractivity contribution in [3.05, 3.63) is 167 Å². The number of hydrogen-bond acceptors (Lipinski definition) is 5. The van der Waals surface area contributed by atoms with Crippen LogP contribution in [0.25, 0.3) is 0 Å². The Morgan fingerprint density at radius 3 is 1.76 bits per heavy atom. The van der Waals surface area contributed by atoms with Crippen molar-refractivity contribution in [3.63, 3.8) is 0 Å². The largest absolute Gasteiger partial charge is 0.492 e. The summed E-state index contributed by atoms with van der Waals surface area (Å²) in [7, 11) is 0. The fraction of sp³-hybridized carbons (Fsp3) is 0.179. The summed E-state index contributed by atoms with van der Waals surface area (Å²) in [5, 5.41) is 16.7. The number of ketones is 1. The second kappa shape index (κ2) is 16.0. The van der Waals surface area contributed by atoms with Gasteiger partial charge < -0.3 is 20.5 Å². The molecule has 1 unspecified atom stereocenters. The molecule has 5 rings (SSSR count). The van der Waals surface area contributed by atoms with E-state index in [-0.39, 0.29) is 18.2 Å². The molecule has 5 aromatic carbocycles. The Labute approximate surface area is 264 Å². The zero-order valence-corrected chi connectivity index (χ0v) is 25.1. The molecule has 0 heterocycles. The molecule has 0 saturated carbocycles. The van der Waals surface area contributed by atoms with Crippen molar-refractivity contribution in [2.75, 3.05) is 18.5 Å². The first kappa shape index (κ1) is 31.2. The molecule has 45 heavy (non-hydrogen) atoms. The zero-order chi connectivity index (χ0) is 31.3. The highest BCUT2D eigenvalue weighted by Crippen LogP contribution is 2.22. The van der Waals surface area contributed by atoms with E-state index in [2.05, 4.69) is 59.2 Å². The smallest absolute Gasteiger partial charge is 0.326 e. The van der Waals surface area contributed by atoms with Gasteiger partial charge in [0.2, 0.25) is 0 Å². The maximum absolute atomic E-state index is 13.1. The van der Waals surface area contributed by atoms with E-state index in [0.29, 0.717) is 30.0 Å². The average molecular weight is 599 g/mol. The molecule has 0 aliphatic carbocycles. The molecule has 0 aliphatic rings. The summed E-state index contributed by atoms with van der Waals surface area (Å²) in [5.41, 5.74) is 4.90. The number of nitrogens with one attached hydrogen (secondary N) is 2. The molecule has 0 amide bonds. The minimum absolute atomic E-state index is 0.162. The third kappa shape index (κ3) is 9.39. The average Bonchev–Trinajstić information content (AvgIpc) is 3.08. The SMILES string of the molecule is O=C(c1ccccc1)c1ccccc1NC(Cc1ccc(OCCNC(Cc2ccccc2)Cc2ccccc2)cc1)C(=O)O. The van der Waals surface area contributed by atoms with Crippen LogP contribution in [0.15, 0.2) is 140 Å². The number of rotatable bonds is 16. The quantitative estimate of drug-likeness (QED) is 0.0851. The molecule has 228 valence electrons. The van der Waals surface area contributed by atoms with Crippen LogP contribution in [0.2, 0.25) is 0 Å². The van der Waals surface area contributed by atoms with Crippen molar-refractivity contribution in [2.24, 2.45) is 0 Å². The van der Waals surface area contributed by atoms with E-state index < -0.39 is 12.0 Å². The summed E-state index contributed by atoms with van der Waals surface area (Å²) in [6, 6.07) is 43.8. The molecule has 6 nitrogen and oxygen atoms in total. The number of carbonyl (C=O) groups is 2. The monoisotopic (exact) mass is 598 g/mol. The summed E-state index contributed by atoms with van der Waals surface area (Å²) in [6.45, 7) is 1.20.